The number of carbonyl (C=O) groups is 3. The summed E-state index contributed by atoms with van der Waals surface area (Å²) in [5.41, 5.74) is 38.7. The van der Waals surface area contributed by atoms with Crippen molar-refractivity contribution in [2.24, 2.45) is 20.5 Å². The third-order valence-electron chi connectivity index (χ3n) is 10.9. The maximum absolute atomic E-state index is 13.6. The predicted octanol–water partition coefficient (Wildman–Crippen LogP) is 5.76. The highest BCUT2D eigenvalue weighted by molar-refractivity contribution is 5.90. The van der Waals surface area contributed by atoms with E-state index >= 15 is 0 Å². The second kappa shape index (κ2) is 21.6. The molecule has 4 fully saturated rings. The van der Waals surface area contributed by atoms with Gasteiger partial charge in [-0.1, -0.05) is 75.1 Å². The smallest absolute Gasteiger partial charge is 0.338 e. The van der Waals surface area contributed by atoms with E-state index in [1.165, 1.54) is 36.4 Å². The van der Waals surface area contributed by atoms with Crippen LogP contribution >= 0.6 is 0 Å². The highest BCUT2D eigenvalue weighted by Crippen LogP contribution is 2.39. The standard InChI is InChI=1S/C40H40N12O13/c1-20-57-19-27-33(58-20)34(62-37(55)22-13-7-3-8-14-22)28(48-52-44)39(60-27)64-30-24(46-50-42)17-25(47-51-43)31(29(30)53)65-40-35(63-38(56)23-15-9-4-10-16-23)32(26(59-40)18-45-49-41)61-36(54)21-11-5-2-6-12-21/h2-16,20,24-35,39-40,53H,17-19H2,1H3/t20?,24?,25-,26-,27?,28?,29+,30-,31?,32-,33-,34-,35?,39-,40+/m1/s1. The fourth-order valence-electron chi connectivity index (χ4n) is 7.91. The van der Waals surface area contributed by atoms with Crippen LogP contribution in [0.25, 0.3) is 41.8 Å². The number of nitrogens with zero attached hydrogens (tertiary/aromatic N) is 12. The van der Waals surface area contributed by atoms with E-state index < -0.39 is 116 Å². The van der Waals surface area contributed by atoms with Gasteiger partial charge in [0.25, 0.3) is 0 Å². The molecule has 7 rings (SSSR count). The van der Waals surface area contributed by atoms with Gasteiger partial charge in [0.15, 0.2) is 31.1 Å². The van der Waals surface area contributed by atoms with Gasteiger partial charge in [-0.05, 0) is 71.9 Å². The van der Waals surface area contributed by atoms with E-state index in [2.05, 4.69) is 40.1 Å². The molecule has 1 N–H and O–H groups in total. The van der Waals surface area contributed by atoms with Gasteiger partial charge >= 0.3 is 17.9 Å². The average molecular weight is 897 g/mol. The summed E-state index contributed by atoms with van der Waals surface area (Å²) in [5.74, 6) is -2.55. The number of hydrogen-bond acceptors (Lipinski definition) is 17. The van der Waals surface area contributed by atoms with Crippen molar-refractivity contribution in [3.05, 3.63) is 149 Å². The van der Waals surface area contributed by atoms with Crippen LogP contribution < -0.4 is 0 Å². The Morgan fingerprint density at radius 2 is 1.12 bits per heavy atom. The first kappa shape index (κ1) is 46.0. The lowest BCUT2D eigenvalue weighted by Gasteiger charge is -2.49. The molecule has 0 radical (unpaired) electrons. The predicted molar refractivity (Wildman–Crippen MR) is 218 cm³/mol. The maximum Gasteiger partial charge on any atom is 0.338 e. The Labute approximate surface area is 367 Å². The molecule has 3 aromatic rings. The Kier molecular flexibility index (Phi) is 15.3. The number of azide groups is 4. The van der Waals surface area contributed by atoms with Crippen molar-refractivity contribution in [1.29, 1.82) is 0 Å². The quantitative estimate of drug-likeness (QED) is 0.0624. The number of aliphatic hydroxyl groups is 1. The van der Waals surface area contributed by atoms with Crippen LogP contribution in [0, 0.1) is 0 Å². The number of aliphatic hydroxyl groups excluding tert-OH is 1. The SMILES string of the molecule is CC1OCC2O[C@H](O[C@@H]3C(N=[N+]=[N-])C[C@@H](N=[N+]=[N-])C(O[C@@H]4O[C@H](CN=[N+]=[N-])[C@@H](OC(=O)c5ccccc5)C4OC(=O)c4ccccc4)[C@H]3O)C(N=[N+]=[N-])[C@@H](OC(=O)c3ccccc3)[C@@H]2O1. The molecule has 3 saturated heterocycles. The van der Waals surface area contributed by atoms with E-state index in [0.29, 0.717) is 0 Å². The first-order chi connectivity index (χ1) is 31.6. The summed E-state index contributed by atoms with van der Waals surface area (Å²) >= 11 is 0. The van der Waals surface area contributed by atoms with Crippen LogP contribution in [0.15, 0.2) is 111 Å². The fraction of sp³-hybridized carbons (Fsp3) is 0.475. The van der Waals surface area contributed by atoms with Crippen molar-refractivity contribution < 1.29 is 62.1 Å². The van der Waals surface area contributed by atoms with Gasteiger partial charge in [0.05, 0.1) is 54.1 Å². The van der Waals surface area contributed by atoms with Gasteiger partial charge in [-0.25, -0.2) is 14.4 Å². The zero-order valence-corrected chi connectivity index (χ0v) is 34.2. The first-order valence-electron chi connectivity index (χ1n) is 20.1. The largest absolute Gasteiger partial charge is 0.455 e. The molecule has 0 amide bonds. The zero-order chi connectivity index (χ0) is 45.9. The number of hydrogen-bond donors (Lipinski definition) is 1. The highest BCUT2D eigenvalue weighted by atomic mass is 16.8. The molecule has 3 aliphatic heterocycles. The summed E-state index contributed by atoms with van der Waals surface area (Å²) in [5, 5.41) is 27.3. The van der Waals surface area contributed by atoms with Crippen LogP contribution in [0.2, 0.25) is 0 Å². The van der Waals surface area contributed by atoms with E-state index in [4.69, 9.17) is 42.6 Å². The number of ether oxygens (including phenoxy) is 9. The summed E-state index contributed by atoms with van der Waals surface area (Å²) in [4.78, 5) is 52.1. The molecule has 0 spiro atoms. The van der Waals surface area contributed by atoms with Crippen molar-refractivity contribution in [2.45, 2.75) is 105 Å². The fourth-order valence-corrected chi connectivity index (χ4v) is 7.91. The molecule has 3 heterocycles. The Hall–Kier alpha value is -6.97. The third-order valence-corrected chi connectivity index (χ3v) is 10.9. The van der Waals surface area contributed by atoms with Gasteiger partial charge < -0.3 is 47.7 Å². The molecule has 0 bridgehead atoms. The molecular formula is C40H40N12O13. The third kappa shape index (κ3) is 10.7. The molecule has 15 atom stereocenters. The van der Waals surface area contributed by atoms with Gasteiger partial charge in [0.1, 0.15) is 36.6 Å². The van der Waals surface area contributed by atoms with Crippen molar-refractivity contribution in [3.63, 3.8) is 0 Å². The van der Waals surface area contributed by atoms with Gasteiger partial charge in [0.2, 0.25) is 0 Å². The monoisotopic (exact) mass is 896 g/mol. The highest BCUT2D eigenvalue weighted by Gasteiger charge is 2.57. The molecule has 65 heavy (non-hydrogen) atoms. The average Bonchev–Trinajstić information content (AvgIpc) is 3.63. The maximum atomic E-state index is 13.6. The van der Waals surface area contributed by atoms with Crippen molar-refractivity contribution in [2.75, 3.05) is 13.2 Å². The van der Waals surface area contributed by atoms with E-state index in [-0.39, 0.29) is 29.7 Å². The number of esters is 3. The minimum atomic E-state index is -1.93. The van der Waals surface area contributed by atoms with Gasteiger partial charge in [0, 0.05) is 19.6 Å². The second-order valence-electron chi connectivity index (χ2n) is 14.9. The Morgan fingerprint density at radius 1 is 0.631 bits per heavy atom. The van der Waals surface area contributed by atoms with Crippen LogP contribution in [0.1, 0.15) is 44.4 Å². The molecule has 1 aliphatic carbocycles. The first-order valence-corrected chi connectivity index (χ1v) is 20.1. The number of rotatable bonds is 15. The molecule has 338 valence electrons. The number of carbonyl (C=O) groups excluding carboxylic acids is 3. The normalized spacial score (nSPS) is 32.6. The summed E-state index contributed by atoms with van der Waals surface area (Å²) in [6.45, 7) is 1.06. The molecule has 25 nitrogen and oxygen atoms in total. The lowest BCUT2D eigenvalue weighted by Crippen LogP contribution is -2.65. The minimum Gasteiger partial charge on any atom is -0.455 e. The van der Waals surface area contributed by atoms with Crippen LogP contribution in [-0.4, -0.2) is 128 Å². The van der Waals surface area contributed by atoms with Crippen LogP contribution in [0.3, 0.4) is 0 Å². The van der Waals surface area contributed by atoms with E-state index in [1.54, 1.807) is 61.5 Å². The Morgan fingerprint density at radius 3 is 1.63 bits per heavy atom. The molecule has 6 unspecified atom stereocenters. The Balaban J connectivity index is 1.22. The van der Waals surface area contributed by atoms with Gasteiger partial charge in [-0.15, -0.1) is 0 Å². The minimum absolute atomic E-state index is 0.0912. The summed E-state index contributed by atoms with van der Waals surface area (Å²) < 4.78 is 54.4. The van der Waals surface area contributed by atoms with E-state index in [9.17, 15) is 41.6 Å². The van der Waals surface area contributed by atoms with Crippen LogP contribution in [0.4, 0.5) is 0 Å². The second-order valence-corrected chi connectivity index (χ2v) is 14.9. The number of fused-ring (bicyclic) bond motifs is 1. The molecule has 3 aromatic carbocycles. The van der Waals surface area contributed by atoms with Crippen molar-refractivity contribution >= 4 is 17.9 Å². The van der Waals surface area contributed by atoms with Crippen LogP contribution in [0.5, 0.6) is 0 Å². The van der Waals surface area contributed by atoms with E-state index in [0.717, 1.165) is 0 Å². The summed E-state index contributed by atoms with van der Waals surface area (Å²) in [7, 11) is 0. The lowest BCUT2D eigenvalue weighted by molar-refractivity contribution is -0.347. The molecule has 1 saturated carbocycles. The number of benzene rings is 3. The molecular weight excluding hydrogens is 857 g/mol. The lowest BCUT2D eigenvalue weighted by atomic mass is 9.84. The van der Waals surface area contributed by atoms with Gasteiger partial charge in [-0.3, -0.25) is 0 Å². The van der Waals surface area contributed by atoms with Crippen molar-refractivity contribution in [1.82, 2.24) is 0 Å². The zero-order valence-electron chi connectivity index (χ0n) is 34.2. The van der Waals surface area contributed by atoms with E-state index in [1.807, 2.05) is 0 Å². The molecule has 25 heteroatoms. The molecule has 0 aromatic heterocycles. The van der Waals surface area contributed by atoms with Gasteiger partial charge in [-0.2, -0.15) is 0 Å². The molecule has 4 aliphatic rings. The van der Waals surface area contributed by atoms with Crippen molar-refractivity contribution in [3.8, 4) is 0 Å². The van der Waals surface area contributed by atoms with Crippen LogP contribution in [-0.2, 0) is 42.6 Å². The summed E-state index contributed by atoms with van der Waals surface area (Å²) in [6, 6.07) is 19.4. The topological polar surface area (TPSA) is 350 Å². The Bertz CT molecular complexity index is 2350. The summed E-state index contributed by atoms with van der Waals surface area (Å²) in [6.07, 6.45) is -17.5.